The Bertz CT molecular complexity index is 2780. The summed E-state index contributed by atoms with van der Waals surface area (Å²) < 4.78 is 43.2. The Kier molecular flexibility index (Phi) is 9.47. The van der Waals surface area contributed by atoms with Crippen molar-refractivity contribution in [2.45, 2.75) is 43.7 Å². The number of aromatic nitrogens is 2. The fourth-order valence-corrected chi connectivity index (χ4v) is 8.86. The number of anilines is 1. The van der Waals surface area contributed by atoms with Crippen LogP contribution in [0.3, 0.4) is 0 Å². The van der Waals surface area contributed by atoms with E-state index in [2.05, 4.69) is 90.2 Å². The third-order valence-electron chi connectivity index (χ3n) is 8.87. The molecule has 5 aromatic carbocycles. The second-order valence-electron chi connectivity index (χ2n) is 12.1. The zero-order chi connectivity index (χ0) is 35.9. The topological polar surface area (TPSA) is 99.5 Å². The minimum atomic E-state index is -4.27. The minimum absolute atomic E-state index is 0.0221. The molecule has 0 spiro atoms. The van der Waals surface area contributed by atoms with Crippen molar-refractivity contribution in [3.63, 3.8) is 0 Å². The molecule has 0 fully saturated rings. The first-order chi connectivity index (χ1) is 24.6. The van der Waals surface area contributed by atoms with E-state index in [0.29, 0.717) is 11.1 Å². The van der Waals surface area contributed by atoms with Crippen LogP contribution in [0.1, 0.15) is 25.3 Å². The Labute approximate surface area is 303 Å². The lowest BCUT2D eigenvalue weighted by molar-refractivity contribution is -0.674. The SMILES string of the molecule is CCn1c(=O)/c(=C/C=C2\Sc3ccc4ccccc4c3N2C)s/c1=C\c1oc2c3ccccc3ccc2[n+]1CC.Cc1ccc(S(=O)(=O)[O-])cc1. The molecule has 0 aliphatic carbocycles. The molecule has 51 heavy (non-hydrogen) atoms. The number of thiazole rings is 1. The van der Waals surface area contributed by atoms with Gasteiger partial charge in [0.05, 0.1) is 26.2 Å². The molecule has 3 heterocycles. The van der Waals surface area contributed by atoms with Crippen LogP contribution in [0.2, 0.25) is 0 Å². The molecule has 0 saturated heterocycles. The Morgan fingerprint density at radius 3 is 2.22 bits per heavy atom. The molecule has 0 radical (unpaired) electrons. The number of oxazole rings is 1. The summed E-state index contributed by atoms with van der Waals surface area (Å²) in [7, 11) is -2.17. The van der Waals surface area contributed by atoms with Crippen LogP contribution in [0.25, 0.3) is 44.8 Å². The molecular formula is C40H35N3O5S3. The Balaban J connectivity index is 0.000000318. The van der Waals surface area contributed by atoms with E-state index in [4.69, 9.17) is 4.42 Å². The Morgan fingerprint density at radius 2 is 1.53 bits per heavy atom. The van der Waals surface area contributed by atoms with Gasteiger partial charge in [-0.1, -0.05) is 84.1 Å². The third kappa shape index (κ3) is 6.65. The average Bonchev–Trinajstić information content (AvgIpc) is 3.76. The summed E-state index contributed by atoms with van der Waals surface area (Å²) in [5.41, 5.74) is 4.10. The van der Waals surface area contributed by atoms with Gasteiger partial charge in [0.2, 0.25) is 5.58 Å². The quantitative estimate of drug-likeness (QED) is 0.141. The van der Waals surface area contributed by atoms with Crippen molar-refractivity contribution < 1.29 is 22.0 Å². The largest absolute Gasteiger partial charge is 0.744 e. The average molecular weight is 734 g/mol. The van der Waals surface area contributed by atoms with Crippen molar-refractivity contribution >= 4 is 83.7 Å². The summed E-state index contributed by atoms with van der Waals surface area (Å²) in [4.78, 5) is 16.7. The Hall–Kier alpha value is -4.94. The fraction of sp³-hybridized carbons (Fsp3) is 0.150. The molecule has 7 aromatic rings. The smallest absolute Gasteiger partial charge is 0.377 e. The van der Waals surface area contributed by atoms with Crippen molar-refractivity contribution in [2.75, 3.05) is 11.9 Å². The molecule has 0 atom stereocenters. The highest BCUT2D eigenvalue weighted by Crippen LogP contribution is 2.48. The molecule has 0 saturated carbocycles. The number of nitrogens with zero attached hydrogens (tertiary/aromatic N) is 3. The van der Waals surface area contributed by atoms with Gasteiger partial charge in [0.15, 0.2) is 0 Å². The van der Waals surface area contributed by atoms with E-state index in [1.165, 1.54) is 44.8 Å². The van der Waals surface area contributed by atoms with Gasteiger partial charge in [-0.25, -0.2) is 8.42 Å². The van der Waals surface area contributed by atoms with Crippen LogP contribution in [-0.4, -0.2) is 24.6 Å². The predicted molar refractivity (Wildman–Crippen MR) is 207 cm³/mol. The van der Waals surface area contributed by atoms with Crippen LogP contribution in [-0.2, 0) is 23.2 Å². The number of aryl methyl sites for hydroxylation is 2. The van der Waals surface area contributed by atoms with Gasteiger partial charge in [0.1, 0.15) is 21.3 Å². The van der Waals surface area contributed by atoms with E-state index in [9.17, 15) is 17.8 Å². The predicted octanol–water partition coefficient (Wildman–Crippen LogP) is 6.88. The summed E-state index contributed by atoms with van der Waals surface area (Å²) in [5.74, 6) is 0.746. The number of rotatable bonds is 5. The molecule has 11 heteroatoms. The first-order valence-corrected chi connectivity index (χ1v) is 19.5. The molecular weight excluding hydrogens is 699 g/mol. The number of hydrogen-bond acceptors (Lipinski definition) is 8. The van der Waals surface area contributed by atoms with Gasteiger partial charge in [0.25, 0.3) is 11.1 Å². The van der Waals surface area contributed by atoms with E-state index < -0.39 is 10.1 Å². The van der Waals surface area contributed by atoms with Gasteiger partial charge < -0.3 is 13.9 Å². The van der Waals surface area contributed by atoms with Gasteiger partial charge in [-0.15, -0.1) is 11.3 Å². The number of benzene rings is 5. The maximum atomic E-state index is 13.4. The summed E-state index contributed by atoms with van der Waals surface area (Å²) in [5, 5.41) is 5.80. The van der Waals surface area contributed by atoms with Gasteiger partial charge in [0, 0.05) is 35.3 Å². The fourth-order valence-electron chi connectivity index (χ4n) is 6.28. The summed E-state index contributed by atoms with van der Waals surface area (Å²) in [6.45, 7) is 7.30. The van der Waals surface area contributed by atoms with Crippen molar-refractivity contribution in [3.8, 4) is 0 Å². The summed E-state index contributed by atoms with van der Waals surface area (Å²) in [6, 6.07) is 31.1. The molecule has 8 nitrogen and oxygen atoms in total. The monoisotopic (exact) mass is 733 g/mol. The van der Waals surface area contributed by atoms with E-state index in [0.717, 1.165) is 49.6 Å². The number of fused-ring (bicyclic) bond motifs is 6. The molecule has 2 aromatic heterocycles. The number of thioether (sulfide) groups is 1. The lowest BCUT2D eigenvalue weighted by Crippen LogP contribution is -2.35. The van der Waals surface area contributed by atoms with Crippen molar-refractivity contribution in [2.24, 2.45) is 0 Å². The second-order valence-corrected chi connectivity index (χ2v) is 15.6. The number of hydrogen-bond donors (Lipinski definition) is 0. The van der Waals surface area contributed by atoms with E-state index in [1.807, 2.05) is 42.7 Å². The molecule has 0 unspecified atom stereocenters. The normalized spacial score (nSPS) is 14.5. The highest BCUT2D eigenvalue weighted by molar-refractivity contribution is 8.03. The first kappa shape index (κ1) is 34.5. The molecule has 1 aliphatic heterocycles. The number of allylic oxidation sites excluding steroid dienone is 1. The Morgan fingerprint density at radius 1 is 0.863 bits per heavy atom. The van der Waals surface area contributed by atoms with Crippen molar-refractivity contribution in [1.29, 1.82) is 0 Å². The maximum absolute atomic E-state index is 13.4. The van der Waals surface area contributed by atoms with Gasteiger partial charge >= 0.3 is 5.89 Å². The van der Waals surface area contributed by atoms with E-state index >= 15 is 0 Å². The van der Waals surface area contributed by atoms with Crippen LogP contribution in [0.5, 0.6) is 0 Å². The van der Waals surface area contributed by atoms with Crippen LogP contribution in [0.15, 0.2) is 127 Å². The van der Waals surface area contributed by atoms with Crippen molar-refractivity contribution in [3.05, 3.63) is 139 Å². The summed E-state index contributed by atoms with van der Waals surface area (Å²) in [6.07, 6.45) is 6.04. The van der Waals surface area contributed by atoms with Crippen LogP contribution >= 0.6 is 23.1 Å². The molecule has 8 rings (SSSR count). The highest BCUT2D eigenvalue weighted by atomic mass is 32.2. The summed E-state index contributed by atoms with van der Waals surface area (Å²) >= 11 is 3.24. The lowest BCUT2D eigenvalue weighted by Gasteiger charge is -2.15. The van der Waals surface area contributed by atoms with Crippen molar-refractivity contribution in [1.82, 2.24) is 4.57 Å². The van der Waals surface area contributed by atoms with Gasteiger partial charge in [-0.3, -0.25) is 9.36 Å². The van der Waals surface area contributed by atoms with Crippen LogP contribution in [0, 0.1) is 6.92 Å². The highest BCUT2D eigenvalue weighted by Gasteiger charge is 2.24. The second kappa shape index (κ2) is 14.0. The zero-order valence-corrected chi connectivity index (χ0v) is 30.9. The van der Waals surface area contributed by atoms with E-state index in [-0.39, 0.29) is 10.5 Å². The van der Waals surface area contributed by atoms with Gasteiger partial charge in [-0.05, 0) is 68.0 Å². The molecule has 258 valence electrons. The standard InChI is InChI=1S/C33H28N3O2S2.C7H8O3S/c1-4-35-25-16-14-22-11-7-9-13-24(22)32(25)38-28(35)20-30-36(5-2)33(37)27(40-30)18-19-29-34(3)31-23-12-8-6-10-21(23)15-17-26(31)39-29;1-6-2-4-7(5-3-6)11(8,9)10/h6-20H,4-5H2,1-3H3;2-5H,1H3,(H,8,9,10)/q+1;/p-1/b27-18-,29-19-;. The molecule has 0 bridgehead atoms. The van der Waals surface area contributed by atoms with Crippen LogP contribution < -0.4 is 24.2 Å². The lowest BCUT2D eigenvalue weighted by atomic mass is 10.1. The molecule has 0 N–H and O–H groups in total. The first-order valence-electron chi connectivity index (χ1n) is 16.5. The van der Waals surface area contributed by atoms with Crippen LogP contribution in [0.4, 0.5) is 5.69 Å². The maximum Gasteiger partial charge on any atom is 0.377 e. The third-order valence-corrected chi connectivity index (χ3v) is 12.0. The van der Waals surface area contributed by atoms with E-state index in [1.54, 1.807) is 23.9 Å². The van der Waals surface area contributed by atoms with Gasteiger partial charge in [-0.2, -0.15) is 4.57 Å². The molecule has 1 aliphatic rings. The zero-order valence-electron chi connectivity index (χ0n) is 28.5. The minimum Gasteiger partial charge on any atom is -0.744 e. The molecule has 0 amide bonds.